The van der Waals surface area contributed by atoms with E-state index in [0.717, 1.165) is 13.1 Å². The van der Waals surface area contributed by atoms with Gasteiger partial charge in [0.1, 0.15) is 5.82 Å². The SMILES string of the molecule is CC1(C)CN2CCN(S(=O)(=O)Cc3ccc(F)cc3)CC2c2ccccc21. The van der Waals surface area contributed by atoms with Gasteiger partial charge >= 0.3 is 0 Å². The molecule has 2 aromatic carbocycles. The minimum Gasteiger partial charge on any atom is -0.293 e. The van der Waals surface area contributed by atoms with Gasteiger partial charge in [-0.05, 0) is 28.8 Å². The monoisotopic (exact) mass is 388 g/mol. The van der Waals surface area contributed by atoms with Crippen molar-refractivity contribution >= 4 is 10.0 Å². The van der Waals surface area contributed by atoms with Gasteiger partial charge in [0, 0.05) is 37.6 Å². The van der Waals surface area contributed by atoms with E-state index in [2.05, 4.69) is 36.9 Å². The van der Waals surface area contributed by atoms with E-state index < -0.39 is 10.0 Å². The number of hydrogen-bond acceptors (Lipinski definition) is 3. The second-order valence-electron chi connectivity index (χ2n) is 8.20. The van der Waals surface area contributed by atoms with Crippen molar-refractivity contribution in [1.29, 1.82) is 0 Å². The number of halogens is 1. The Morgan fingerprint density at radius 3 is 2.52 bits per heavy atom. The van der Waals surface area contributed by atoms with Gasteiger partial charge in [-0.2, -0.15) is 4.31 Å². The summed E-state index contributed by atoms with van der Waals surface area (Å²) in [6.07, 6.45) is 0. The van der Waals surface area contributed by atoms with Crippen LogP contribution >= 0.6 is 0 Å². The Morgan fingerprint density at radius 1 is 1.07 bits per heavy atom. The molecule has 1 unspecified atom stereocenters. The summed E-state index contributed by atoms with van der Waals surface area (Å²) in [5.41, 5.74) is 3.21. The van der Waals surface area contributed by atoms with Crippen LogP contribution < -0.4 is 0 Å². The van der Waals surface area contributed by atoms with E-state index in [0.29, 0.717) is 18.7 Å². The van der Waals surface area contributed by atoms with Gasteiger partial charge in [-0.15, -0.1) is 0 Å². The van der Waals surface area contributed by atoms with Crippen LogP contribution in [0.3, 0.4) is 0 Å². The van der Waals surface area contributed by atoms with Crippen LogP contribution in [0.1, 0.15) is 36.6 Å². The number of benzene rings is 2. The zero-order valence-corrected chi connectivity index (χ0v) is 16.5. The summed E-state index contributed by atoms with van der Waals surface area (Å²) >= 11 is 0. The van der Waals surface area contributed by atoms with Crippen molar-refractivity contribution in [3.63, 3.8) is 0 Å². The summed E-state index contributed by atoms with van der Waals surface area (Å²) < 4.78 is 40.6. The lowest BCUT2D eigenvalue weighted by Crippen LogP contribution is -2.56. The van der Waals surface area contributed by atoms with Crippen molar-refractivity contribution in [2.45, 2.75) is 31.1 Å². The Morgan fingerprint density at radius 2 is 1.78 bits per heavy atom. The molecule has 2 aliphatic heterocycles. The van der Waals surface area contributed by atoms with Crippen molar-refractivity contribution in [3.05, 3.63) is 71.0 Å². The van der Waals surface area contributed by atoms with E-state index in [4.69, 9.17) is 0 Å². The largest absolute Gasteiger partial charge is 0.293 e. The molecule has 0 saturated carbocycles. The summed E-state index contributed by atoms with van der Waals surface area (Å²) in [7, 11) is -3.45. The number of nitrogens with zero attached hydrogens (tertiary/aromatic N) is 2. The normalized spacial score (nSPS) is 22.9. The zero-order valence-electron chi connectivity index (χ0n) is 15.7. The van der Waals surface area contributed by atoms with Crippen molar-refractivity contribution < 1.29 is 12.8 Å². The van der Waals surface area contributed by atoms with Gasteiger partial charge in [0.2, 0.25) is 10.0 Å². The molecular formula is C21H25FN2O2S. The van der Waals surface area contributed by atoms with E-state index in [9.17, 15) is 12.8 Å². The molecule has 2 aliphatic rings. The van der Waals surface area contributed by atoms with Crippen molar-refractivity contribution in [2.75, 3.05) is 26.2 Å². The van der Waals surface area contributed by atoms with Crippen LogP contribution in [0.25, 0.3) is 0 Å². The zero-order chi connectivity index (χ0) is 19.2. The van der Waals surface area contributed by atoms with Crippen LogP contribution in [0, 0.1) is 5.82 Å². The third-order valence-electron chi connectivity index (χ3n) is 5.76. The first-order valence-electron chi connectivity index (χ1n) is 9.32. The molecule has 144 valence electrons. The van der Waals surface area contributed by atoms with E-state index >= 15 is 0 Å². The van der Waals surface area contributed by atoms with E-state index in [-0.39, 0.29) is 23.0 Å². The molecule has 0 aliphatic carbocycles. The quantitative estimate of drug-likeness (QED) is 0.810. The topological polar surface area (TPSA) is 40.6 Å². The van der Waals surface area contributed by atoms with E-state index in [1.165, 1.54) is 23.3 Å². The predicted octanol–water partition coefficient (Wildman–Crippen LogP) is 3.31. The Balaban J connectivity index is 1.59. The fourth-order valence-corrected chi connectivity index (χ4v) is 5.94. The van der Waals surface area contributed by atoms with Gasteiger partial charge in [-0.3, -0.25) is 4.90 Å². The number of sulfonamides is 1. The molecule has 1 fully saturated rings. The maximum atomic E-state index is 13.1. The number of fused-ring (bicyclic) bond motifs is 3. The number of rotatable bonds is 3. The van der Waals surface area contributed by atoms with Gasteiger partial charge in [0.25, 0.3) is 0 Å². The van der Waals surface area contributed by atoms with Crippen molar-refractivity contribution in [3.8, 4) is 0 Å². The molecule has 2 aromatic rings. The van der Waals surface area contributed by atoms with Gasteiger partial charge in [0.05, 0.1) is 5.75 Å². The first-order chi connectivity index (χ1) is 12.8. The Bertz CT molecular complexity index is 941. The molecule has 0 bridgehead atoms. The van der Waals surface area contributed by atoms with Gasteiger partial charge in [0.15, 0.2) is 0 Å². The molecule has 6 heteroatoms. The first-order valence-corrected chi connectivity index (χ1v) is 10.9. The Labute approximate surface area is 160 Å². The molecule has 0 spiro atoms. The van der Waals surface area contributed by atoms with E-state index in [1.807, 2.05) is 6.07 Å². The van der Waals surface area contributed by atoms with Gasteiger partial charge < -0.3 is 0 Å². The standard InChI is InChI=1S/C21H25FN2O2S/c1-21(2)15-23-11-12-24(13-20(23)18-5-3-4-6-19(18)21)27(25,26)14-16-7-9-17(22)10-8-16/h3-10,20H,11-15H2,1-2H3. The third kappa shape index (κ3) is 3.53. The molecule has 4 nitrogen and oxygen atoms in total. The number of piperazine rings is 1. The smallest absolute Gasteiger partial charge is 0.218 e. The predicted molar refractivity (Wildman–Crippen MR) is 104 cm³/mol. The molecule has 1 atom stereocenters. The molecule has 0 aromatic heterocycles. The van der Waals surface area contributed by atoms with Crippen LogP contribution in [-0.2, 0) is 21.2 Å². The molecule has 0 N–H and O–H groups in total. The summed E-state index contributed by atoms with van der Waals surface area (Å²) in [5, 5.41) is 0. The minimum atomic E-state index is -3.45. The third-order valence-corrected chi connectivity index (χ3v) is 7.57. The Kier molecular flexibility index (Phi) is 4.61. The summed E-state index contributed by atoms with van der Waals surface area (Å²) in [5.74, 6) is -0.446. The minimum absolute atomic E-state index is 0.0578. The summed E-state index contributed by atoms with van der Waals surface area (Å²) in [6, 6.07) is 14.2. The van der Waals surface area contributed by atoms with Crippen LogP contribution in [0.2, 0.25) is 0 Å². The maximum absolute atomic E-state index is 13.1. The van der Waals surface area contributed by atoms with Crippen LogP contribution in [0.5, 0.6) is 0 Å². The molecule has 0 amide bonds. The van der Waals surface area contributed by atoms with Crippen molar-refractivity contribution in [2.24, 2.45) is 0 Å². The molecule has 1 saturated heterocycles. The second-order valence-corrected chi connectivity index (χ2v) is 10.2. The molecule has 2 heterocycles. The van der Waals surface area contributed by atoms with Gasteiger partial charge in [-0.1, -0.05) is 50.2 Å². The lowest BCUT2D eigenvalue weighted by molar-refractivity contribution is 0.0807. The number of hydrogen-bond donors (Lipinski definition) is 0. The summed E-state index contributed by atoms with van der Waals surface area (Å²) in [4.78, 5) is 2.41. The van der Waals surface area contributed by atoms with Crippen molar-refractivity contribution in [1.82, 2.24) is 9.21 Å². The highest BCUT2D eigenvalue weighted by Crippen LogP contribution is 2.41. The van der Waals surface area contributed by atoms with Gasteiger partial charge in [-0.25, -0.2) is 12.8 Å². The van der Waals surface area contributed by atoms with Crippen LogP contribution in [0.15, 0.2) is 48.5 Å². The highest BCUT2D eigenvalue weighted by Gasteiger charge is 2.42. The molecule has 4 rings (SSSR count). The fourth-order valence-electron chi connectivity index (χ4n) is 4.41. The fraction of sp³-hybridized carbons (Fsp3) is 0.429. The van der Waals surface area contributed by atoms with Crippen LogP contribution in [0.4, 0.5) is 4.39 Å². The second kappa shape index (κ2) is 6.69. The average molecular weight is 389 g/mol. The molecule has 27 heavy (non-hydrogen) atoms. The highest BCUT2D eigenvalue weighted by atomic mass is 32.2. The summed E-state index contributed by atoms with van der Waals surface area (Å²) in [6.45, 7) is 7.12. The highest BCUT2D eigenvalue weighted by molar-refractivity contribution is 7.88. The maximum Gasteiger partial charge on any atom is 0.218 e. The van der Waals surface area contributed by atoms with Crippen LogP contribution in [-0.4, -0.2) is 43.8 Å². The lowest BCUT2D eigenvalue weighted by Gasteiger charge is -2.49. The lowest BCUT2D eigenvalue weighted by atomic mass is 9.75. The molecule has 0 radical (unpaired) electrons. The first kappa shape index (κ1) is 18.6. The Hall–Kier alpha value is -1.76. The molecular weight excluding hydrogens is 363 g/mol. The van der Waals surface area contributed by atoms with E-state index in [1.54, 1.807) is 16.4 Å². The average Bonchev–Trinajstić information content (AvgIpc) is 2.63.